The fourth-order valence-corrected chi connectivity index (χ4v) is 3.76. The Balaban J connectivity index is 2.06. The van der Waals surface area contributed by atoms with Gasteiger partial charge in [0.1, 0.15) is 6.04 Å². The van der Waals surface area contributed by atoms with E-state index in [1.165, 1.54) is 4.31 Å². The molecule has 0 aromatic heterocycles. The Bertz CT molecular complexity index is 559. The Kier molecular flexibility index (Phi) is 4.74. The van der Waals surface area contributed by atoms with Crippen LogP contribution in [0.1, 0.15) is 24.8 Å². The van der Waals surface area contributed by atoms with Crippen LogP contribution in [0.5, 0.6) is 0 Å². The maximum atomic E-state index is 12.3. The summed E-state index contributed by atoms with van der Waals surface area (Å²) in [5, 5.41) is 0. The van der Waals surface area contributed by atoms with Gasteiger partial charge in [0.2, 0.25) is 5.91 Å². The summed E-state index contributed by atoms with van der Waals surface area (Å²) in [6, 6.07) is 8.49. The predicted molar refractivity (Wildman–Crippen MR) is 75.7 cm³/mol. The number of hydrogen-bond acceptors (Lipinski definition) is 3. The molecule has 3 N–H and O–H groups in total. The minimum absolute atomic E-state index is 0.200. The highest BCUT2D eigenvalue weighted by molar-refractivity contribution is 7.87. The van der Waals surface area contributed by atoms with E-state index in [9.17, 15) is 13.2 Å². The summed E-state index contributed by atoms with van der Waals surface area (Å²) in [4.78, 5) is 11.4. The molecule has 110 valence electrons. The number of nitrogens with zero attached hydrogens (tertiary/aromatic N) is 1. The molecular weight excluding hydrogens is 278 g/mol. The second-order valence-electron chi connectivity index (χ2n) is 4.84. The molecule has 20 heavy (non-hydrogen) atoms. The summed E-state index contributed by atoms with van der Waals surface area (Å²) < 4.78 is 28.3. The van der Waals surface area contributed by atoms with Gasteiger partial charge in [0.25, 0.3) is 10.2 Å². The van der Waals surface area contributed by atoms with E-state index >= 15 is 0 Å². The van der Waals surface area contributed by atoms with Crippen LogP contribution in [0.15, 0.2) is 30.3 Å². The molecule has 2 rings (SSSR count). The van der Waals surface area contributed by atoms with Crippen molar-refractivity contribution >= 4 is 16.1 Å². The average Bonchev–Trinajstić information content (AvgIpc) is 2.46. The van der Waals surface area contributed by atoms with Crippen LogP contribution < -0.4 is 10.5 Å². The van der Waals surface area contributed by atoms with Gasteiger partial charge in [-0.25, -0.2) is 0 Å². The number of nitrogens with two attached hydrogens (primary N) is 1. The maximum Gasteiger partial charge on any atom is 0.280 e. The zero-order valence-corrected chi connectivity index (χ0v) is 12.0. The fraction of sp³-hybridized carbons (Fsp3) is 0.462. The highest BCUT2D eigenvalue weighted by atomic mass is 32.2. The van der Waals surface area contributed by atoms with Gasteiger partial charge >= 0.3 is 0 Å². The van der Waals surface area contributed by atoms with Crippen molar-refractivity contribution in [3.05, 3.63) is 35.9 Å². The molecule has 1 heterocycles. The Labute approximate surface area is 119 Å². The lowest BCUT2D eigenvalue weighted by Crippen LogP contribution is -2.53. The standard InChI is InChI=1S/C13H19N3O3S/c14-13(17)12-8-4-5-9-16(12)20(18,19)15-10-11-6-2-1-3-7-11/h1-3,6-7,12,15H,4-5,8-10H2,(H2,14,17)/t12-/m0/s1. The Hall–Kier alpha value is -1.44. The molecule has 7 heteroatoms. The van der Waals surface area contributed by atoms with Crippen molar-refractivity contribution in [1.82, 2.24) is 9.03 Å². The summed E-state index contributed by atoms with van der Waals surface area (Å²) in [6.45, 7) is 0.531. The van der Waals surface area contributed by atoms with E-state index in [1.807, 2.05) is 30.3 Å². The van der Waals surface area contributed by atoms with Gasteiger partial charge in [-0.05, 0) is 18.4 Å². The molecule has 0 bridgehead atoms. The topological polar surface area (TPSA) is 92.5 Å². The van der Waals surface area contributed by atoms with E-state index in [-0.39, 0.29) is 6.54 Å². The molecule has 0 aliphatic carbocycles. The number of carbonyl (C=O) groups is 1. The fourth-order valence-electron chi connectivity index (χ4n) is 2.33. The van der Waals surface area contributed by atoms with Crippen LogP contribution in [0.25, 0.3) is 0 Å². The van der Waals surface area contributed by atoms with Crippen molar-refractivity contribution in [2.24, 2.45) is 5.73 Å². The molecule has 1 saturated heterocycles. The van der Waals surface area contributed by atoms with Crippen LogP contribution in [0.4, 0.5) is 0 Å². The molecule has 0 spiro atoms. The Morgan fingerprint density at radius 1 is 1.30 bits per heavy atom. The van der Waals surface area contributed by atoms with Crippen molar-refractivity contribution in [2.45, 2.75) is 31.8 Å². The van der Waals surface area contributed by atoms with Gasteiger partial charge in [-0.2, -0.15) is 17.4 Å². The molecule has 0 unspecified atom stereocenters. The monoisotopic (exact) mass is 297 g/mol. The van der Waals surface area contributed by atoms with Gasteiger partial charge in [0, 0.05) is 13.1 Å². The SMILES string of the molecule is NC(=O)[C@@H]1CCCCN1S(=O)(=O)NCc1ccccc1. The number of piperidine rings is 1. The van der Waals surface area contributed by atoms with Gasteiger partial charge in [-0.1, -0.05) is 36.8 Å². The zero-order valence-electron chi connectivity index (χ0n) is 11.2. The summed E-state index contributed by atoms with van der Waals surface area (Å²) in [7, 11) is -3.69. The molecule has 1 aliphatic rings. The normalized spacial score (nSPS) is 20.7. The first-order chi connectivity index (χ1) is 9.50. The van der Waals surface area contributed by atoms with Crippen LogP contribution >= 0.6 is 0 Å². The summed E-state index contributed by atoms with van der Waals surface area (Å²) in [5.41, 5.74) is 6.15. The maximum absolute atomic E-state index is 12.3. The summed E-state index contributed by atoms with van der Waals surface area (Å²) >= 11 is 0. The lowest BCUT2D eigenvalue weighted by atomic mass is 10.0. The largest absolute Gasteiger partial charge is 0.368 e. The van der Waals surface area contributed by atoms with Gasteiger partial charge in [0.05, 0.1) is 0 Å². The number of rotatable bonds is 5. The molecule has 1 aromatic carbocycles. The first-order valence-corrected chi connectivity index (χ1v) is 8.04. The Morgan fingerprint density at radius 2 is 2.00 bits per heavy atom. The third kappa shape index (κ3) is 3.56. The van der Waals surface area contributed by atoms with Crippen molar-refractivity contribution in [2.75, 3.05) is 6.54 Å². The molecule has 0 radical (unpaired) electrons. The van der Waals surface area contributed by atoms with Gasteiger partial charge in [-0.3, -0.25) is 4.79 Å². The van der Waals surface area contributed by atoms with Crippen LogP contribution in [-0.2, 0) is 21.5 Å². The minimum atomic E-state index is -3.69. The number of hydrogen-bond donors (Lipinski definition) is 2. The number of carbonyl (C=O) groups excluding carboxylic acids is 1. The van der Waals surface area contributed by atoms with Crippen LogP contribution in [0.3, 0.4) is 0 Å². The third-order valence-electron chi connectivity index (χ3n) is 3.39. The first-order valence-electron chi connectivity index (χ1n) is 6.60. The summed E-state index contributed by atoms with van der Waals surface area (Å²) in [5.74, 6) is -0.588. The number of benzene rings is 1. The van der Waals surface area contributed by atoms with E-state index < -0.39 is 22.2 Å². The van der Waals surface area contributed by atoms with Crippen LogP contribution in [0, 0.1) is 0 Å². The van der Waals surface area contributed by atoms with Gasteiger partial charge in [0.15, 0.2) is 0 Å². The van der Waals surface area contributed by atoms with Crippen LogP contribution in [-0.4, -0.2) is 31.2 Å². The zero-order chi connectivity index (χ0) is 14.6. The van der Waals surface area contributed by atoms with E-state index in [0.717, 1.165) is 18.4 Å². The van der Waals surface area contributed by atoms with E-state index in [0.29, 0.717) is 13.0 Å². The smallest absolute Gasteiger partial charge is 0.280 e. The molecule has 6 nitrogen and oxygen atoms in total. The lowest BCUT2D eigenvalue weighted by Gasteiger charge is -2.32. The Morgan fingerprint density at radius 3 is 2.65 bits per heavy atom. The predicted octanol–water partition coefficient (Wildman–Crippen LogP) is 0.361. The summed E-state index contributed by atoms with van der Waals surface area (Å²) in [6.07, 6.45) is 2.05. The molecular formula is C13H19N3O3S. The highest BCUT2D eigenvalue weighted by Crippen LogP contribution is 2.19. The van der Waals surface area contributed by atoms with E-state index in [1.54, 1.807) is 0 Å². The number of primary amides is 1. The molecule has 0 saturated carbocycles. The molecule has 1 aliphatic heterocycles. The van der Waals surface area contributed by atoms with Crippen molar-refractivity contribution < 1.29 is 13.2 Å². The van der Waals surface area contributed by atoms with E-state index in [4.69, 9.17) is 5.73 Å². The highest BCUT2D eigenvalue weighted by Gasteiger charge is 2.35. The first kappa shape index (κ1) is 15.0. The number of amides is 1. The van der Waals surface area contributed by atoms with Crippen molar-refractivity contribution in [1.29, 1.82) is 0 Å². The molecule has 1 amide bonds. The second-order valence-corrected chi connectivity index (χ2v) is 6.54. The lowest BCUT2D eigenvalue weighted by molar-refractivity contribution is -0.122. The third-order valence-corrected chi connectivity index (χ3v) is 4.96. The van der Waals surface area contributed by atoms with E-state index in [2.05, 4.69) is 4.72 Å². The quantitative estimate of drug-likeness (QED) is 0.822. The molecule has 1 atom stereocenters. The average molecular weight is 297 g/mol. The number of nitrogens with one attached hydrogen (secondary N) is 1. The minimum Gasteiger partial charge on any atom is -0.368 e. The molecule has 1 aromatic rings. The van der Waals surface area contributed by atoms with Crippen molar-refractivity contribution in [3.8, 4) is 0 Å². The van der Waals surface area contributed by atoms with Gasteiger partial charge in [-0.15, -0.1) is 0 Å². The second kappa shape index (κ2) is 6.34. The molecule has 1 fully saturated rings. The van der Waals surface area contributed by atoms with Crippen molar-refractivity contribution in [3.63, 3.8) is 0 Å². The van der Waals surface area contributed by atoms with Crippen LogP contribution in [0.2, 0.25) is 0 Å². The van der Waals surface area contributed by atoms with Gasteiger partial charge < -0.3 is 5.73 Å².